The lowest BCUT2D eigenvalue weighted by molar-refractivity contribution is -0.739. The van der Waals surface area contributed by atoms with E-state index in [1.54, 1.807) is 34.8 Å². The molecule has 0 saturated carbocycles. The molecule has 0 spiro atoms. The van der Waals surface area contributed by atoms with E-state index in [1.807, 2.05) is 49.4 Å². The minimum atomic E-state index is -0.813. The quantitative estimate of drug-likeness (QED) is 0.0174. The number of aliphatic carboxylic acids is 1. The number of nitrogens with one attached hydrogen (secondary N) is 2. The van der Waals surface area contributed by atoms with E-state index in [0.717, 1.165) is 46.5 Å². The number of carboxylic acid groups (broad SMARTS) is 1. The topological polar surface area (TPSA) is 234 Å². The van der Waals surface area contributed by atoms with E-state index >= 15 is 0 Å². The summed E-state index contributed by atoms with van der Waals surface area (Å²) in [4.78, 5) is 35.8. The number of aryl methyl sites for hydroxylation is 3. The van der Waals surface area contributed by atoms with Crippen molar-refractivity contribution in [2.45, 2.75) is 78.1 Å². The summed E-state index contributed by atoms with van der Waals surface area (Å²) >= 11 is 5.82. The zero-order valence-electron chi connectivity index (χ0n) is 40.8. The number of unbranched alkanes of at least 4 members (excludes halogenated alkanes) is 1. The predicted molar refractivity (Wildman–Crippen MR) is 265 cm³/mol. The Kier molecular flexibility index (Phi) is 25.0. The lowest BCUT2D eigenvalue weighted by Gasteiger charge is -2.11. The van der Waals surface area contributed by atoms with Crippen molar-refractivity contribution in [3.05, 3.63) is 113 Å². The summed E-state index contributed by atoms with van der Waals surface area (Å²) in [6, 6.07) is 22.7. The number of methoxy groups -OCH3 is 1. The number of carboxylic acids is 1. The fraction of sp³-hybridized carbons (Fsp3) is 0.471. The molecule has 0 saturated heterocycles. The molecule has 5 N–H and O–H groups in total. The van der Waals surface area contributed by atoms with Crippen LogP contribution in [0.5, 0.6) is 11.5 Å². The molecule has 384 valence electrons. The highest BCUT2D eigenvalue weighted by atomic mass is 35.5. The number of carbonyl (C=O) groups excluding carboxylic acids is 2. The van der Waals surface area contributed by atoms with Gasteiger partial charge in [0.15, 0.2) is 6.79 Å². The van der Waals surface area contributed by atoms with Crippen molar-refractivity contribution in [3.63, 3.8) is 0 Å². The Morgan fingerprint density at radius 1 is 0.789 bits per heavy atom. The molecule has 5 aromatic rings. The van der Waals surface area contributed by atoms with Gasteiger partial charge in [-0.05, 0) is 104 Å². The Balaban J connectivity index is 0.821. The lowest BCUT2D eigenvalue weighted by atomic mass is 10.0. The molecular weight excluding hydrogens is 936 g/mol. The van der Waals surface area contributed by atoms with Crippen LogP contribution < -0.4 is 30.5 Å². The van der Waals surface area contributed by atoms with Crippen LogP contribution in [0.3, 0.4) is 0 Å². The Bertz CT molecular complexity index is 2370. The molecule has 2 heterocycles. The van der Waals surface area contributed by atoms with Gasteiger partial charge < -0.3 is 48.9 Å². The zero-order valence-corrected chi connectivity index (χ0v) is 41.5. The second kappa shape index (κ2) is 31.9. The van der Waals surface area contributed by atoms with Crippen LogP contribution in [0.15, 0.2) is 79.0 Å². The molecule has 19 nitrogen and oxygen atoms in total. The number of nitrogens with two attached hydrogens (primary N) is 1. The molecule has 5 rings (SSSR count). The molecule has 0 aliphatic carbocycles. The summed E-state index contributed by atoms with van der Waals surface area (Å²) < 4.78 is 42.9. The Hall–Kier alpha value is -6.22. The first-order chi connectivity index (χ1) is 34.6. The fourth-order valence-electron chi connectivity index (χ4n) is 7.06. The molecule has 0 atom stereocenters. The van der Waals surface area contributed by atoms with Crippen LogP contribution in [0.2, 0.25) is 0 Å². The maximum atomic E-state index is 12.6. The predicted octanol–water partition coefficient (Wildman–Crippen LogP) is 5.25. The van der Waals surface area contributed by atoms with E-state index in [4.69, 9.17) is 60.7 Å². The molecule has 0 aliphatic heterocycles. The molecule has 3 aromatic carbocycles. The number of nitrogen functional groups attached to an aromatic ring is 1. The molecule has 0 radical (unpaired) electrons. The van der Waals surface area contributed by atoms with Crippen molar-refractivity contribution in [2.75, 3.05) is 84.9 Å². The average Bonchev–Trinajstić information content (AvgIpc) is 3.83. The van der Waals surface area contributed by atoms with Gasteiger partial charge in [-0.25, -0.2) is 4.68 Å². The van der Waals surface area contributed by atoms with Crippen molar-refractivity contribution in [1.29, 1.82) is 0 Å². The third-order valence-electron chi connectivity index (χ3n) is 10.9. The minimum absolute atomic E-state index is 0.0556. The number of hydrogen-bond acceptors (Lipinski definition) is 14. The molecule has 71 heavy (non-hydrogen) atoms. The molecule has 0 fully saturated rings. The van der Waals surface area contributed by atoms with Gasteiger partial charge in [0.2, 0.25) is 5.91 Å². The summed E-state index contributed by atoms with van der Waals surface area (Å²) in [6.45, 7) is 7.02. The van der Waals surface area contributed by atoms with Gasteiger partial charge >= 0.3 is 5.97 Å². The van der Waals surface area contributed by atoms with Crippen molar-refractivity contribution in [2.24, 2.45) is 0 Å². The van der Waals surface area contributed by atoms with Gasteiger partial charge in [0.1, 0.15) is 29.4 Å². The molecule has 2 aromatic heterocycles. The van der Waals surface area contributed by atoms with Crippen molar-refractivity contribution >= 4 is 35.2 Å². The third-order valence-corrected chi connectivity index (χ3v) is 11.2. The molecule has 20 heteroatoms. The van der Waals surface area contributed by atoms with Crippen LogP contribution in [-0.2, 0) is 72.4 Å². The number of benzene rings is 3. The van der Waals surface area contributed by atoms with Crippen LogP contribution in [-0.4, -0.2) is 122 Å². The van der Waals surface area contributed by atoms with Gasteiger partial charge in [0.05, 0.1) is 79.3 Å². The van der Waals surface area contributed by atoms with Gasteiger partial charge in [-0.15, -0.1) is 21.4 Å². The summed E-state index contributed by atoms with van der Waals surface area (Å²) in [7, 11) is 1.67. The third kappa shape index (κ3) is 21.0. The number of ether oxygens (including phenoxy) is 7. The SMILES string of the molecule is COc1cc(CCCCl)ccc1CCOCCNC(=O)c1ccc(CNC(=O)CCOCCOCCn2cc(COCCOCOc3ccc(-c4n[n+](CCCCC(=O)O)c(N)cc4C)cc3)nn2)cc1. The number of aromatic nitrogens is 5. The highest BCUT2D eigenvalue weighted by Gasteiger charge is 2.15. The fourth-order valence-corrected chi connectivity index (χ4v) is 7.20. The van der Waals surface area contributed by atoms with E-state index in [1.165, 1.54) is 5.56 Å². The first kappa shape index (κ1) is 55.7. The molecular formula is C51H68ClN8O11+. The first-order valence-electron chi connectivity index (χ1n) is 23.9. The number of nitrogens with zero attached hydrogens (tertiary/aromatic N) is 5. The average molecular weight is 1000 g/mol. The molecule has 2 amide bonds. The molecule has 0 unspecified atom stereocenters. The summed E-state index contributed by atoms with van der Waals surface area (Å²) in [5, 5.41) is 27.6. The van der Waals surface area contributed by atoms with Crippen LogP contribution in [0, 0.1) is 6.92 Å². The van der Waals surface area contributed by atoms with Gasteiger partial charge in [-0.1, -0.05) is 34.6 Å². The van der Waals surface area contributed by atoms with Gasteiger partial charge in [0.25, 0.3) is 11.7 Å². The minimum Gasteiger partial charge on any atom is -0.496 e. The largest absolute Gasteiger partial charge is 0.496 e. The van der Waals surface area contributed by atoms with Crippen molar-refractivity contribution in [3.8, 4) is 22.8 Å². The van der Waals surface area contributed by atoms with Crippen LogP contribution >= 0.6 is 11.6 Å². The lowest BCUT2D eigenvalue weighted by Crippen LogP contribution is -2.41. The zero-order chi connectivity index (χ0) is 50.5. The van der Waals surface area contributed by atoms with Crippen LogP contribution in [0.25, 0.3) is 11.3 Å². The van der Waals surface area contributed by atoms with Crippen LogP contribution in [0.1, 0.15) is 70.4 Å². The van der Waals surface area contributed by atoms with E-state index in [0.29, 0.717) is 120 Å². The second-order valence-corrected chi connectivity index (χ2v) is 16.8. The maximum Gasteiger partial charge on any atom is 0.303 e. The maximum absolute atomic E-state index is 12.6. The first-order valence-corrected chi connectivity index (χ1v) is 24.4. The molecule has 0 aliphatic rings. The van der Waals surface area contributed by atoms with E-state index in [-0.39, 0.29) is 44.7 Å². The number of anilines is 1. The highest BCUT2D eigenvalue weighted by Crippen LogP contribution is 2.24. The highest BCUT2D eigenvalue weighted by molar-refractivity contribution is 6.17. The number of alkyl halides is 1. The number of amides is 2. The normalized spacial score (nSPS) is 11.1. The van der Waals surface area contributed by atoms with E-state index in [2.05, 4.69) is 39.1 Å². The van der Waals surface area contributed by atoms with Crippen LogP contribution in [0.4, 0.5) is 5.82 Å². The second-order valence-electron chi connectivity index (χ2n) is 16.4. The van der Waals surface area contributed by atoms with E-state index in [9.17, 15) is 14.4 Å². The number of carbonyl (C=O) groups is 3. The Morgan fingerprint density at radius 3 is 2.31 bits per heavy atom. The summed E-state index contributed by atoms with van der Waals surface area (Å²) in [5.74, 6) is 1.50. The van der Waals surface area contributed by atoms with E-state index < -0.39 is 5.97 Å². The Labute approximate surface area is 420 Å². The smallest absolute Gasteiger partial charge is 0.303 e. The number of hydrogen-bond donors (Lipinski definition) is 4. The summed E-state index contributed by atoms with van der Waals surface area (Å²) in [6.07, 6.45) is 5.88. The standard InChI is InChI=1S/C51H67ClN8O11/c1-38-32-47(53)60(22-4-3-7-49(62)63)57-50(38)42-14-16-45(17-15-42)71-37-70-31-30-69-36-44-35-59(58-56-44)23-27-68-29-28-67-25-19-48(61)55-34-40-9-12-43(13-10-40)51(64)54-21-26-66-24-18-41-11-8-39(6-5-20-52)33-46(41)65-2/h8-17,32-33,35,53H,3-7,18-31,34,36-37H2,1-2H3,(H3,54,55,61,62,63,64)/p+1. The van der Waals surface area contributed by atoms with Crippen molar-refractivity contribution in [1.82, 2.24) is 30.7 Å². The number of rotatable bonds is 36. The van der Waals surface area contributed by atoms with Gasteiger partial charge in [-0.3, -0.25) is 20.1 Å². The monoisotopic (exact) mass is 1000 g/mol. The Morgan fingerprint density at radius 2 is 1.54 bits per heavy atom. The van der Waals surface area contributed by atoms with Crippen molar-refractivity contribution < 1.29 is 57.3 Å². The van der Waals surface area contributed by atoms with Gasteiger partial charge in [0, 0.05) is 49.0 Å². The molecule has 0 bridgehead atoms. The summed E-state index contributed by atoms with van der Waals surface area (Å²) in [5.41, 5.74) is 13.1. The number of halogens is 1. The van der Waals surface area contributed by atoms with Gasteiger partial charge in [-0.2, -0.15) is 0 Å².